The Hall–Kier alpha value is -3.83. The highest BCUT2D eigenvalue weighted by atomic mass is 35.5. The number of ether oxygens (including phenoxy) is 1. The Labute approximate surface area is 202 Å². The molecule has 1 aliphatic heterocycles. The van der Waals surface area contributed by atoms with Gasteiger partial charge in [-0.1, -0.05) is 23.7 Å². The number of nitriles is 1. The second-order valence-corrected chi connectivity index (χ2v) is 8.32. The Balaban J connectivity index is 1.76. The molecule has 0 spiro atoms. The van der Waals surface area contributed by atoms with E-state index in [4.69, 9.17) is 21.3 Å². The van der Waals surface area contributed by atoms with E-state index < -0.39 is 5.97 Å². The topological polar surface area (TPSA) is 90.9 Å². The predicted octanol–water partition coefficient (Wildman–Crippen LogP) is 3.45. The Bertz CT molecular complexity index is 1370. The molecule has 1 aliphatic rings. The summed E-state index contributed by atoms with van der Waals surface area (Å²) in [6, 6.07) is 13.2. The number of aryl methyl sites for hydroxylation is 1. The van der Waals surface area contributed by atoms with Gasteiger partial charge >= 0.3 is 5.97 Å². The van der Waals surface area contributed by atoms with Gasteiger partial charge in [-0.05, 0) is 49.8 Å². The van der Waals surface area contributed by atoms with Crippen molar-refractivity contribution in [1.82, 2.24) is 9.38 Å². The van der Waals surface area contributed by atoms with Gasteiger partial charge in [0.25, 0.3) is 5.56 Å². The SMILES string of the molecule is CCOC(=O)/C(C#N)=C/c1c(N2CCN(c3cccc(Cl)c3)CC2)nc2c(C)cccn2c1=O. The molecule has 0 aliphatic carbocycles. The molecule has 2 aromatic heterocycles. The molecule has 4 rings (SSSR count). The standard InChI is InChI=1S/C25H24ClN5O3/c1-3-34-25(33)18(16-27)14-21-23(28-22-17(2)6-5-9-31(22)24(21)32)30-12-10-29(11-13-30)20-8-4-7-19(26)15-20/h4-9,14-15H,3,10-13H2,1-2H3/b18-14+. The van der Waals surface area contributed by atoms with E-state index in [1.807, 2.05) is 48.2 Å². The number of aromatic nitrogens is 2. The molecule has 1 fully saturated rings. The van der Waals surface area contributed by atoms with Crippen molar-refractivity contribution in [2.45, 2.75) is 13.8 Å². The van der Waals surface area contributed by atoms with Gasteiger partial charge in [-0.15, -0.1) is 0 Å². The van der Waals surface area contributed by atoms with Crippen molar-refractivity contribution in [2.24, 2.45) is 0 Å². The lowest BCUT2D eigenvalue weighted by atomic mass is 10.1. The number of fused-ring (bicyclic) bond motifs is 1. The molecule has 1 saturated heterocycles. The third kappa shape index (κ3) is 4.61. The predicted molar refractivity (Wildman–Crippen MR) is 132 cm³/mol. The van der Waals surface area contributed by atoms with Crippen molar-refractivity contribution in [3.63, 3.8) is 0 Å². The maximum absolute atomic E-state index is 13.5. The van der Waals surface area contributed by atoms with Crippen LogP contribution in [0.5, 0.6) is 0 Å². The fraction of sp³-hybridized carbons (Fsp3) is 0.280. The summed E-state index contributed by atoms with van der Waals surface area (Å²) < 4.78 is 6.42. The monoisotopic (exact) mass is 477 g/mol. The Morgan fingerprint density at radius 2 is 1.94 bits per heavy atom. The molecule has 9 heteroatoms. The van der Waals surface area contributed by atoms with Crippen LogP contribution < -0.4 is 15.4 Å². The van der Waals surface area contributed by atoms with Crippen LogP contribution in [0.2, 0.25) is 5.02 Å². The second-order valence-electron chi connectivity index (χ2n) is 7.88. The molecule has 34 heavy (non-hydrogen) atoms. The summed E-state index contributed by atoms with van der Waals surface area (Å²) in [4.78, 5) is 34.8. The molecule has 1 aromatic carbocycles. The minimum absolute atomic E-state index is 0.129. The molecule has 0 bridgehead atoms. The van der Waals surface area contributed by atoms with Gasteiger partial charge < -0.3 is 14.5 Å². The van der Waals surface area contributed by atoms with E-state index in [0.717, 1.165) is 11.3 Å². The number of anilines is 2. The molecule has 0 saturated carbocycles. The van der Waals surface area contributed by atoms with Crippen LogP contribution in [0, 0.1) is 18.3 Å². The van der Waals surface area contributed by atoms with Crippen LogP contribution in [0.3, 0.4) is 0 Å². The molecule has 0 N–H and O–H groups in total. The van der Waals surface area contributed by atoms with E-state index in [1.54, 1.807) is 19.2 Å². The number of rotatable bonds is 5. The maximum Gasteiger partial charge on any atom is 0.348 e. The van der Waals surface area contributed by atoms with Crippen molar-refractivity contribution in [3.05, 3.63) is 74.7 Å². The van der Waals surface area contributed by atoms with Crippen LogP contribution in [-0.4, -0.2) is 48.1 Å². The highest BCUT2D eigenvalue weighted by Gasteiger charge is 2.24. The van der Waals surface area contributed by atoms with Gasteiger partial charge in [0.1, 0.15) is 23.1 Å². The summed E-state index contributed by atoms with van der Waals surface area (Å²) in [6.45, 7) is 6.27. The molecule has 0 radical (unpaired) electrons. The summed E-state index contributed by atoms with van der Waals surface area (Å²) in [5.41, 5.74) is 2.00. The number of hydrogen-bond donors (Lipinski definition) is 0. The van der Waals surface area contributed by atoms with Crippen molar-refractivity contribution >= 4 is 40.8 Å². The average molecular weight is 478 g/mol. The number of esters is 1. The number of nitrogens with zero attached hydrogens (tertiary/aromatic N) is 5. The molecule has 0 amide bonds. The molecular formula is C25H24ClN5O3. The van der Waals surface area contributed by atoms with Crippen molar-refractivity contribution in [2.75, 3.05) is 42.6 Å². The number of halogens is 1. The van der Waals surface area contributed by atoms with Crippen LogP contribution in [0.25, 0.3) is 11.7 Å². The molecule has 3 heterocycles. The molecule has 0 unspecified atom stereocenters. The highest BCUT2D eigenvalue weighted by Crippen LogP contribution is 2.25. The minimum Gasteiger partial charge on any atom is -0.462 e. The zero-order valence-corrected chi connectivity index (χ0v) is 19.7. The first-order chi connectivity index (χ1) is 16.4. The number of hydrogen-bond acceptors (Lipinski definition) is 7. The van der Waals surface area contributed by atoms with Gasteiger partial charge in [0, 0.05) is 43.1 Å². The lowest BCUT2D eigenvalue weighted by Gasteiger charge is -2.37. The van der Waals surface area contributed by atoms with E-state index >= 15 is 0 Å². The number of pyridine rings is 1. The number of benzene rings is 1. The van der Waals surface area contributed by atoms with E-state index in [0.29, 0.717) is 42.7 Å². The largest absolute Gasteiger partial charge is 0.462 e. The van der Waals surface area contributed by atoms with Gasteiger partial charge in [0.15, 0.2) is 0 Å². The summed E-state index contributed by atoms with van der Waals surface area (Å²) >= 11 is 6.15. The Kier molecular flexibility index (Phi) is 6.85. The average Bonchev–Trinajstić information content (AvgIpc) is 2.84. The molecular weight excluding hydrogens is 454 g/mol. The van der Waals surface area contributed by atoms with Crippen LogP contribution in [0.1, 0.15) is 18.1 Å². The summed E-state index contributed by atoms with van der Waals surface area (Å²) in [7, 11) is 0. The second kappa shape index (κ2) is 9.98. The lowest BCUT2D eigenvalue weighted by Crippen LogP contribution is -2.47. The smallest absolute Gasteiger partial charge is 0.348 e. The van der Waals surface area contributed by atoms with E-state index in [9.17, 15) is 14.9 Å². The minimum atomic E-state index is -0.768. The van der Waals surface area contributed by atoms with Crippen LogP contribution in [0.4, 0.5) is 11.5 Å². The number of piperazine rings is 1. The third-order valence-electron chi connectivity index (χ3n) is 5.72. The van der Waals surface area contributed by atoms with Gasteiger partial charge in [-0.2, -0.15) is 5.26 Å². The van der Waals surface area contributed by atoms with Crippen molar-refractivity contribution < 1.29 is 9.53 Å². The first kappa shape index (κ1) is 23.3. The van der Waals surface area contributed by atoms with Crippen molar-refractivity contribution in [3.8, 4) is 6.07 Å². The van der Waals surface area contributed by atoms with Crippen LogP contribution >= 0.6 is 11.6 Å². The number of carbonyl (C=O) groups is 1. The molecule has 8 nitrogen and oxygen atoms in total. The highest BCUT2D eigenvalue weighted by molar-refractivity contribution is 6.30. The quantitative estimate of drug-likeness (QED) is 0.316. The first-order valence-corrected chi connectivity index (χ1v) is 11.4. The Morgan fingerprint density at radius 3 is 2.62 bits per heavy atom. The Morgan fingerprint density at radius 1 is 1.21 bits per heavy atom. The lowest BCUT2D eigenvalue weighted by molar-refractivity contribution is -0.137. The van der Waals surface area contributed by atoms with E-state index in [2.05, 4.69) is 4.90 Å². The normalized spacial score (nSPS) is 14.2. The molecule has 3 aromatic rings. The fourth-order valence-corrected chi connectivity index (χ4v) is 4.19. The maximum atomic E-state index is 13.5. The first-order valence-electron chi connectivity index (χ1n) is 11.0. The van der Waals surface area contributed by atoms with Crippen molar-refractivity contribution in [1.29, 1.82) is 5.26 Å². The van der Waals surface area contributed by atoms with E-state index in [-0.39, 0.29) is 23.3 Å². The number of carbonyl (C=O) groups excluding carboxylic acids is 1. The summed E-state index contributed by atoms with van der Waals surface area (Å²) in [6.07, 6.45) is 2.92. The summed E-state index contributed by atoms with van der Waals surface area (Å²) in [5.74, 6) is -0.322. The van der Waals surface area contributed by atoms with Gasteiger partial charge in [0.05, 0.1) is 12.2 Å². The van der Waals surface area contributed by atoms with Gasteiger partial charge in [0.2, 0.25) is 0 Å². The zero-order chi connectivity index (χ0) is 24.2. The van der Waals surface area contributed by atoms with Gasteiger partial charge in [-0.3, -0.25) is 9.20 Å². The van der Waals surface area contributed by atoms with Crippen LogP contribution in [0.15, 0.2) is 53.0 Å². The fourth-order valence-electron chi connectivity index (χ4n) is 4.01. The van der Waals surface area contributed by atoms with Crippen LogP contribution in [-0.2, 0) is 9.53 Å². The summed E-state index contributed by atoms with van der Waals surface area (Å²) in [5, 5.41) is 10.2. The zero-order valence-electron chi connectivity index (χ0n) is 19.0. The van der Waals surface area contributed by atoms with Gasteiger partial charge in [-0.25, -0.2) is 9.78 Å². The molecule has 174 valence electrons. The molecule has 0 atom stereocenters. The van der Waals surface area contributed by atoms with E-state index in [1.165, 1.54) is 10.5 Å². The third-order valence-corrected chi connectivity index (χ3v) is 5.96.